The number of nitrogen functional groups attached to an aromatic ring is 1. The highest BCUT2D eigenvalue weighted by Gasteiger charge is 2.30. The Kier molecular flexibility index (Phi) is 3.25. The molecule has 2 fully saturated rings. The zero-order chi connectivity index (χ0) is 13.4. The normalized spacial score (nSPS) is 20.5. The molecule has 0 saturated heterocycles. The van der Waals surface area contributed by atoms with Crippen molar-refractivity contribution in [1.82, 2.24) is 9.47 Å². The van der Waals surface area contributed by atoms with Gasteiger partial charge in [-0.25, -0.2) is 0 Å². The van der Waals surface area contributed by atoms with Gasteiger partial charge in [-0.1, -0.05) is 19.3 Å². The maximum Gasteiger partial charge on any atom is 0.270 e. The first-order valence-corrected chi connectivity index (χ1v) is 7.41. The van der Waals surface area contributed by atoms with Crippen molar-refractivity contribution in [3.63, 3.8) is 0 Å². The number of aromatic nitrogens is 1. The van der Waals surface area contributed by atoms with Gasteiger partial charge >= 0.3 is 0 Å². The molecule has 1 aromatic rings. The van der Waals surface area contributed by atoms with E-state index in [0.717, 1.165) is 18.5 Å². The predicted octanol–water partition coefficient (Wildman–Crippen LogP) is 2.81. The van der Waals surface area contributed by atoms with Crippen LogP contribution in [0.15, 0.2) is 12.3 Å². The van der Waals surface area contributed by atoms with Gasteiger partial charge < -0.3 is 15.2 Å². The van der Waals surface area contributed by atoms with Crippen molar-refractivity contribution in [2.45, 2.75) is 57.0 Å². The average molecular weight is 261 g/mol. The van der Waals surface area contributed by atoms with Gasteiger partial charge in [0.05, 0.1) is 5.69 Å². The molecule has 2 aliphatic carbocycles. The quantitative estimate of drug-likeness (QED) is 0.909. The highest BCUT2D eigenvalue weighted by atomic mass is 16.2. The standard InChI is InChI=1S/C15H23N3O/c1-17(12-5-3-2-4-6-12)15(19)14-9-11(16)10-18(14)13-7-8-13/h9-10,12-13H,2-8,16H2,1H3. The van der Waals surface area contributed by atoms with Gasteiger partial charge in [0.25, 0.3) is 5.91 Å². The molecule has 0 unspecified atom stereocenters. The third-order valence-electron chi connectivity index (χ3n) is 4.47. The van der Waals surface area contributed by atoms with Crippen LogP contribution in [0.3, 0.4) is 0 Å². The molecule has 1 heterocycles. The number of nitrogens with two attached hydrogens (primary N) is 1. The van der Waals surface area contributed by atoms with Gasteiger partial charge in [0.1, 0.15) is 5.69 Å². The number of carbonyl (C=O) groups is 1. The number of nitrogens with zero attached hydrogens (tertiary/aromatic N) is 2. The Bertz CT molecular complexity index is 470. The first kappa shape index (κ1) is 12.6. The summed E-state index contributed by atoms with van der Waals surface area (Å²) in [6.07, 6.45) is 10.3. The van der Waals surface area contributed by atoms with Gasteiger partial charge in [0.15, 0.2) is 0 Å². The minimum atomic E-state index is 0.135. The maximum atomic E-state index is 12.7. The van der Waals surface area contributed by atoms with Gasteiger partial charge in [-0.15, -0.1) is 0 Å². The molecule has 0 aromatic carbocycles. The lowest BCUT2D eigenvalue weighted by atomic mass is 9.94. The topological polar surface area (TPSA) is 51.3 Å². The van der Waals surface area contributed by atoms with Gasteiger partial charge in [-0.3, -0.25) is 4.79 Å². The summed E-state index contributed by atoms with van der Waals surface area (Å²) < 4.78 is 2.08. The van der Waals surface area contributed by atoms with Crippen LogP contribution in [-0.4, -0.2) is 28.5 Å². The van der Waals surface area contributed by atoms with E-state index < -0.39 is 0 Å². The van der Waals surface area contributed by atoms with Crippen LogP contribution >= 0.6 is 0 Å². The van der Waals surface area contributed by atoms with Crippen LogP contribution in [0.2, 0.25) is 0 Å². The third kappa shape index (κ3) is 2.48. The summed E-state index contributed by atoms with van der Waals surface area (Å²) in [5.41, 5.74) is 7.34. The lowest BCUT2D eigenvalue weighted by molar-refractivity contribution is 0.0685. The second kappa shape index (κ2) is 4.91. The van der Waals surface area contributed by atoms with E-state index in [1.54, 1.807) is 0 Å². The third-order valence-corrected chi connectivity index (χ3v) is 4.47. The van der Waals surface area contributed by atoms with Crippen LogP contribution in [0.25, 0.3) is 0 Å². The Morgan fingerprint density at radius 2 is 1.95 bits per heavy atom. The van der Waals surface area contributed by atoms with Crippen LogP contribution in [0.5, 0.6) is 0 Å². The summed E-state index contributed by atoms with van der Waals surface area (Å²) in [7, 11) is 1.94. The minimum absolute atomic E-state index is 0.135. The first-order chi connectivity index (χ1) is 9.16. The van der Waals surface area contributed by atoms with E-state index in [1.807, 2.05) is 24.2 Å². The largest absolute Gasteiger partial charge is 0.397 e. The number of carbonyl (C=O) groups excluding carboxylic acids is 1. The molecule has 0 spiro atoms. The number of amides is 1. The molecule has 104 valence electrons. The van der Waals surface area contributed by atoms with E-state index >= 15 is 0 Å². The molecule has 2 N–H and O–H groups in total. The van der Waals surface area contributed by atoms with Crippen molar-refractivity contribution in [2.24, 2.45) is 0 Å². The van der Waals surface area contributed by atoms with Crippen molar-refractivity contribution in [2.75, 3.05) is 12.8 Å². The molecule has 0 radical (unpaired) electrons. The molecule has 0 aliphatic heterocycles. The summed E-state index contributed by atoms with van der Waals surface area (Å²) in [4.78, 5) is 14.6. The van der Waals surface area contributed by atoms with Gasteiger partial charge in [0, 0.05) is 25.3 Å². The highest BCUT2D eigenvalue weighted by molar-refractivity contribution is 5.94. The van der Waals surface area contributed by atoms with Crippen LogP contribution in [0, 0.1) is 0 Å². The SMILES string of the molecule is CN(C(=O)c1cc(N)cn1C1CC1)C1CCCCC1. The second-order valence-corrected chi connectivity index (χ2v) is 6.01. The molecule has 2 saturated carbocycles. The van der Waals surface area contributed by atoms with E-state index in [1.165, 1.54) is 32.1 Å². The predicted molar refractivity (Wildman–Crippen MR) is 76.1 cm³/mol. The summed E-state index contributed by atoms with van der Waals surface area (Å²) >= 11 is 0. The first-order valence-electron chi connectivity index (χ1n) is 7.41. The maximum absolute atomic E-state index is 12.7. The van der Waals surface area contributed by atoms with Gasteiger partial charge in [-0.2, -0.15) is 0 Å². The summed E-state index contributed by atoms with van der Waals surface area (Å²) in [5, 5.41) is 0. The van der Waals surface area contributed by atoms with Crippen molar-refractivity contribution in [1.29, 1.82) is 0 Å². The molecule has 0 atom stereocenters. The molecule has 4 heteroatoms. The molecule has 1 amide bonds. The number of rotatable bonds is 3. The monoisotopic (exact) mass is 261 g/mol. The molecule has 3 rings (SSSR count). The molecular weight excluding hydrogens is 238 g/mol. The van der Waals surface area contributed by atoms with E-state index in [0.29, 0.717) is 17.8 Å². The van der Waals surface area contributed by atoms with Crippen molar-refractivity contribution in [3.05, 3.63) is 18.0 Å². The fourth-order valence-electron chi connectivity index (χ4n) is 3.14. The van der Waals surface area contributed by atoms with Gasteiger partial charge in [-0.05, 0) is 31.7 Å². The van der Waals surface area contributed by atoms with Crippen LogP contribution in [0.1, 0.15) is 61.5 Å². The zero-order valence-corrected chi connectivity index (χ0v) is 11.6. The zero-order valence-electron chi connectivity index (χ0n) is 11.6. The van der Waals surface area contributed by atoms with Crippen molar-refractivity contribution < 1.29 is 4.79 Å². The molecule has 4 nitrogen and oxygen atoms in total. The van der Waals surface area contributed by atoms with E-state index in [2.05, 4.69) is 4.57 Å². The van der Waals surface area contributed by atoms with E-state index in [4.69, 9.17) is 5.73 Å². The van der Waals surface area contributed by atoms with E-state index in [-0.39, 0.29) is 5.91 Å². The van der Waals surface area contributed by atoms with Crippen LogP contribution < -0.4 is 5.73 Å². The van der Waals surface area contributed by atoms with Crippen LogP contribution in [0.4, 0.5) is 5.69 Å². The smallest absolute Gasteiger partial charge is 0.270 e. The summed E-state index contributed by atoms with van der Waals surface area (Å²) in [5.74, 6) is 0.135. The van der Waals surface area contributed by atoms with Crippen LogP contribution in [-0.2, 0) is 0 Å². The molecule has 2 aliphatic rings. The Hall–Kier alpha value is -1.45. The minimum Gasteiger partial charge on any atom is -0.397 e. The second-order valence-electron chi connectivity index (χ2n) is 6.01. The van der Waals surface area contributed by atoms with Crippen molar-refractivity contribution >= 4 is 11.6 Å². The van der Waals surface area contributed by atoms with Crippen molar-refractivity contribution in [3.8, 4) is 0 Å². The Morgan fingerprint density at radius 3 is 2.58 bits per heavy atom. The lowest BCUT2D eigenvalue weighted by Crippen LogP contribution is -2.39. The lowest BCUT2D eigenvalue weighted by Gasteiger charge is -2.31. The fourth-order valence-corrected chi connectivity index (χ4v) is 3.14. The molecule has 1 aromatic heterocycles. The van der Waals surface area contributed by atoms with E-state index in [9.17, 15) is 4.79 Å². The molecular formula is C15H23N3O. The summed E-state index contributed by atoms with van der Waals surface area (Å²) in [6.45, 7) is 0. The Morgan fingerprint density at radius 1 is 1.26 bits per heavy atom. The fraction of sp³-hybridized carbons (Fsp3) is 0.667. The number of hydrogen-bond donors (Lipinski definition) is 1. The molecule has 19 heavy (non-hydrogen) atoms. The average Bonchev–Trinajstić information content (AvgIpc) is 3.21. The Balaban J connectivity index is 1.78. The highest BCUT2D eigenvalue weighted by Crippen LogP contribution is 2.37. The Labute approximate surface area is 114 Å². The molecule has 0 bridgehead atoms. The number of hydrogen-bond acceptors (Lipinski definition) is 2. The van der Waals surface area contributed by atoms with Gasteiger partial charge in [0.2, 0.25) is 0 Å². The number of anilines is 1. The summed E-state index contributed by atoms with van der Waals surface area (Å²) in [6, 6.07) is 2.74.